The Labute approximate surface area is 165 Å². The Hall–Kier alpha value is -2.99. The second-order valence-corrected chi connectivity index (χ2v) is 7.01. The van der Waals surface area contributed by atoms with E-state index in [1.807, 2.05) is 42.5 Å². The second kappa shape index (κ2) is 9.28. The van der Waals surface area contributed by atoms with Crippen LogP contribution in [0.15, 0.2) is 67.0 Å². The zero-order valence-electron chi connectivity index (χ0n) is 15.9. The third kappa shape index (κ3) is 5.04. The summed E-state index contributed by atoms with van der Waals surface area (Å²) in [5.74, 6) is 1.83. The summed E-state index contributed by atoms with van der Waals surface area (Å²) in [7, 11) is 0. The zero-order valence-corrected chi connectivity index (χ0v) is 15.9. The third-order valence-electron chi connectivity index (χ3n) is 4.91. The highest BCUT2D eigenvalue weighted by Gasteiger charge is 2.20. The van der Waals surface area contributed by atoms with Gasteiger partial charge in [-0.2, -0.15) is 5.10 Å². The van der Waals surface area contributed by atoms with Crippen molar-refractivity contribution < 1.29 is 4.74 Å². The van der Waals surface area contributed by atoms with E-state index in [-0.39, 0.29) is 0 Å². The maximum absolute atomic E-state index is 5.89. The summed E-state index contributed by atoms with van der Waals surface area (Å²) in [6.45, 7) is 3.29. The molecule has 1 saturated heterocycles. The van der Waals surface area contributed by atoms with Crippen molar-refractivity contribution in [2.45, 2.75) is 32.0 Å². The molecule has 1 aliphatic rings. The van der Waals surface area contributed by atoms with Crippen LogP contribution in [0, 0.1) is 0 Å². The summed E-state index contributed by atoms with van der Waals surface area (Å²) < 4.78 is 5.89. The molecule has 1 aliphatic heterocycles. The second-order valence-electron chi connectivity index (χ2n) is 7.01. The van der Waals surface area contributed by atoms with Gasteiger partial charge in [0.1, 0.15) is 12.4 Å². The predicted molar refractivity (Wildman–Crippen MR) is 109 cm³/mol. The van der Waals surface area contributed by atoms with E-state index in [0.717, 1.165) is 43.3 Å². The molecule has 1 fully saturated rings. The van der Waals surface area contributed by atoms with Crippen LogP contribution in [-0.2, 0) is 13.2 Å². The maximum Gasteiger partial charge on any atom is 0.151 e. The molecule has 0 radical (unpaired) electrons. The summed E-state index contributed by atoms with van der Waals surface area (Å²) in [6, 6.07) is 18.5. The lowest BCUT2D eigenvalue weighted by atomic mass is 10.1. The van der Waals surface area contributed by atoms with E-state index in [2.05, 4.69) is 37.5 Å². The third-order valence-corrected chi connectivity index (χ3v) is 4.91. The summed E-state index contributed by atoms with van der Waals surface area (Å²) in [4.78, 5) is 6.60. The number of pyridine rings is 1. The Bertz CT molecular complexity index is 859. The molecule has 0 spiro atoms. The molecule has 3 aromatic rings. The van der Waals surface area contributed by atoms with Gasteiger partial charge in [0.05, 0.1) is 5.69 Å². The highest BCUT2D eigenvalue weighted by molar-refractivity contribution is 5.37. The molecule has 28 heavy (non-hydrogen) atoms. The SMILES string of the molecule is c1ccc(COc2cccc(CNC3CCCN(c4cccnn4)C3)c2)nc1. The molecular weight excluding hydrogens is 350 g/mol. The molecule has 2 aromatic heterocycles. The van der Waals surface area contributed by atoms with Crippen LogP contribution in [0.5, 0.6) is 5.75 Å². The van der Waals surface area contributed by atoms with Crippen LogP contribution in [0.3, 0.4) is 0 Å². The first-order valence-electron chi connectivity index (χ1n) is 9.74. The first-order chi connectivity index (χ1) is 13.9. The minimum Gasteiger partial charge on any atom is -0.487 e. The van der Waals surface area contributed by atoms with Crippen molar-refractivity contribution >= 4 is 5.82 Å². The van der Waals surface area contributed by atoms with Crippen molar-refractivity contribution in [3.63, 3.8) is 0 Å². The van der Waals surface area contributed by atoms with Crippen LogP contribution >= 0.6 is 0 Å². The fourth-order valence-corrected chi connectivity index (χ4v) is 3.46. The molecule has 4 rings (SSSR count). The Balaban J connectivity index is 1.29. The minimum absolute atomic E-state index is 0.439. The highest BCUT2D eigenvalue weighted by Crippen LogP contribution is 2.18. The highest BCUT2D eigenvalue weighted by atomic mass is 16.5. The number of nitrogens with one attached hydrogen (secondary N) is 1. The van der Waals surface area contributed by atoms with Crippen LogP contribution in [0.1, 0.15) is 24.1 Å². The van der Waals surface area contributed by atoms with E-state index in [0.29, 0.717) is 12.6 Å². The number of rotatable bonds is 7. The zero-order chi connectivity index (χ0) is 19.0. The molecule has 6 heteroatoms. The first kappa shape index (κ1) is 18.4. The van der Waals surface area contributed by atoms with Gasteiger partial charge in [0.25, 0.3) is 0 Å². The van der Waals surface area contributed by atoms with E-state index in [9.17, 15) is 0 Å². The number of piperidine rings is 1. The van der Waals surface area contributed by atoms with E-state index in [1.54, 1.807) is 12.4 Å². The quantitative estimate of drug-likeness (QED) is 0.684. The smallest absolute Gasteiger partial charge is 0.151 e. The van der Waals surface area contributed by atoms with Crippen LogP contribution in [-0.4, -0.2) is 34.3 Å². The van der Waals surface area contributed by atoms with Gasteiger partial charge >= 0.3 is 0 Å². The van der Waals surface area contributed by atoms with Crippen molar-refractivity contribution in [2.75, 3.05) is 18.0 Å². The van der Waals surface area contributed by atoms with Gasteiger partial charge in [-0.05, 0) is 54.8 Å². The van der Waals surface area contributed by atoms with Gasteiger partial charge in [-0.3, -0.25) is 4.98 Å². The van der Waals surface area contributed by atoms with E-state index < -0.39 is 0 Å². The first-order valence-corrected chi connectivity index (χ1v) is 9.74. The van der Waals surface area contributed by atoms with Gasteiger partial charge in [-0.25, -0.2) is 0 Å². The van der Waals surface area contributed by atoms with Gasteiger partial charge in [-0.1, -0.05) is 18.2 Å². The van der Waals surface area contributed by atoms with Crippen LogP contribution in [0.4, 0.5) is 5.82 Å². The van der Waals surface area contributed by atoms with E-state index in [4.69, 9.17) is 4.74 Å². The lowest BCUT2D eigenvalue weighted by Gasteiger charge is -2.33. The molecule has 1 N–H and O–H groups in total. The fraction of sp³-hybridized carbons (Fsp3) is 0.318. The standard InChI is InChI=1S/C22H25N5O/c1-2-11-23-20(7-1)17-28-21-9-3-6-18(14-21)15-24-19-8-5-13-27(16-19)22-10-4-12-25-26-22/h1-4,6-7,9-12,14,19,24H,5,8,13,15-17H2. The van der Waals surface area contributed by atoms with Crippen molar-refractivity contribution in [2.24, 2.45) is 0 Å². The summed E-state index contributed by atoms with van der Waals surface area (Å²) in [5.41, 5.74) is 2.15. The summed E-state index contributed by atoms with van der Waals surface area (Å²) in [6.07, 6.45) is 5.83. The molecule has 1 unspecified atom stereocenters. The molecule has 6 nitrogen and oxygen atoms in total. The molecule has 0 amide bonds. The van der Waals surface area contributed by atoms with Gasteiger partial charge in [-0.15, -0.1) is 5.10 Å². The monoisotopic (exact) mass is 375 g/mol. The largest absolute Gasteiger partial charge is 0.487 e. The van der Waals surface area contributed by atoms with Crippen molar-refractivity contribution in [3.05, 3.63) is 78.2 Å². The lowest BCUT2D eigenvalue weighted by molar-refractivity contribution is 0.301. The van der Waals surface area contributed by atoms with Crippen molar-refractivity contribution in [1.29, 1.82) is 0 Å². The Kier molecular flexibility index (Phi) is 6.09. The molecule has 144 valence electrons. The number of aromatic nitrogens is 3. The number of hydrogen-bond donors (Lipinski definition) is 1. The van der Waals surface area contributed by atoms with Crippen molar-refractivity contribution in [3.8, 4) is 5.75 Å². The molecular formula is C22H25N5O. The van der Waals surface area contributed by atoms with Gasteiger partial charge in [0.2, 0.25) is 0 Å². The average Bonchev–Trinajstić information content (AvgIpc) is 2.78. The number of anilines is 1. The summed E-state index contributed by atoms with van der Waals surface area (Å²) >= 11 is 0. The Morgan fingerprint density at radius 3 is 2.93 bits per heavy atom. The molecule has 1 atom stereocenters. The van der Waals surface area contributed by atoms with Crippen LogP contribution in [0.2, 0.25) is 0 Å². The fourth-order valence-electron chi connectivity index (χ4n) is 3.46. The molecule has 0 aliphatic carbocycles. The molecule has 0 saturated carbocycles. The predicted octanol–water partition coefficient (Wildman–Crippen LogP) is 3.21. The Morgan fingerprint density at radius 2 is 2.07 bits per heavy atom. The number of nitrogens with zero attached hydrogens (tertiary/aromatic N) is 4. The van der Waals surface area contributed by atoms with Crippen molar-refractivity contribution in [1.82, 2.24) is 20.5 Å². The van der Waals surface area contributed by atoms with Crippen LogP contribution in [0.25, 0.3) is 0 Å². The number of hydrogen-bond acceptors (Lipinski definition) is 6. The minimum atomic E-state index is 0.439. The number of benzene rings is 1. The normalized spacial score (nSPS) is 16.7. The Morgan fingerprint density at radius 1 is 1.07 bits per heavy atom. The number of ether oxygens (including phenoxy) is 1. The average molecular weight is 375 g/mol. The van der Waals surface area contributed by atoms with Gasteiger partial charge in [0, 0.05) is 38.1 Å². The maximum atomic E-state index is 5.89. The molecule has 3 heterocycles. The van der Waals surface area contributed by atoms with E-state index >= 15 is 0 Å². The van der Waals surface area contributed by atoms with E-state index in [1.165, 1.54) is 12.0 Å². The van der Waals surface area contributed by atoms with Gasteiger partial charge in [0.15, 0.2) is 5.82 Å². The van der Waals surface area contributed by atoms with Gasteiger partial charge < -0.3 is 15.0 Å². The molecule has 1 aromatic carbocycles. The topological polar surface area (TPSA) is 63.2 Å². The van der Waals surface area contributed by atoms with Crippen LogP contribution < -0.4 is 15.0 Å². The lowest BCUT2D eigenvalue weighted by Crippen LogP contribution is -2.45. The molecule has 0 bridgehead atoms. The summed E-state index contributed by atoms with van der Waals surface area (Å²) in [5, 5.41) is 11.9.